The van der Waals surface area contributed by atoms with Gasteiger partial charge < -0.3 is 5.32 Å². The molecule has 1 aromatic carbocycles. The van der Waals surface area contributed by atoms with Crippen molar-refractivity contribution >= 4 is 17.7 Å². The Bertz CT molecular complexity index is 378. The van der Waals surface area contributed by atoms with Crippen molar-refractivity contribution in [3.8, 4) is 0 Å². The van der Waals surface area contributed by atoms with Crippen molar-refractivity contribution in [2.24, 2.45) is 0 Å². The van der Waals surface area contributed by atoms with E-state index in [0.29, 0.717) is 5.75 Å². The lowest BCUT2D eigenvalue weighted by atomic mass is 9.88. The van der Waals surface area contributed by atoms with Crippen molar-refractivity contribution in [3.05, 3.63) is 35.4 Å². The lowest BCUT2D eigenvalue weighted by Crippen LogP contribution is -2.32. The maximum Gasteiger partial charge on any atom is 0.230 e. The van der Waals surface area contributed by atoms with Crippen LogP contribution in [0.3, 0.4) is 0 Å². The molecule has 1 N–H and O–H groups in total. The lowest BCUT2D eigenvalue weighted by molar-refractivity contribution is -0.119. The highest BCUT2D eigenvalue weighted by atomic mass is 32.2. The van der Waals surface area contributed by atoms with Gasteiger partial charge in [-0.25, -0.2) is 0 Å². The van der Waals surface area contributed by atoms with Gasteiger partial charge in [-0.2, -0.15) is 11.8 Å². The second kappa shape index (κ2) is 5.39. The van der Waals surface area contributed by atoms with E-state index in [1.54, 1.807) is 11.8 Å². The van der Waals surface area contributed by atoms with Crippen molar-refractivity contribution in [1.29, 1.82) is 0 Å². The van der Waals surface area contributed by atoms with Crippen molar-refractivity contribution in [2.75, 3.05) is 12.0 Å². The first-order valence-electron chi connectivity index (χ1n) is 5.67. The minimum Gasteiger partial charge on any atom is -0.349 e. The summed E-state index contributed by atoms with van der Waals surface area (Å²) < 4.78 is 0. The molecule has 0 spiro atoms. The first-order chi connectivity index (χ1) is 7.81. The normalized spacial score (nSPS) is 18.9. The first kappa shape index (κ1) is 11.5. The fourth-order valence-corrected chi connectivity index (χ4v) is 2.62. The van der Waals surface area contributed by atoms with E-state index in [0.717, 1.165) is 12.8 Å². The summed E-state index contributed by atoms with van der Waals surface area (Å²) in [6.45, 7) is 0. The Labute approximate surface area is 101 Å². The lowest BCUT2D eigenvalue weighted by Gasteiger charge is -2.26. The summed E-state index contributed by atoms with van der Waals surface area (Å²) in [6.07, 6.45) is 5.33. The van der Waals surface area contributed by atoms with Crippen molar-refractivity contribution < 1.29 is 4.79 Å². The number of hydrogen-bond donors (Lipinski definition) is 1. The van der Waals surface area contributed by atoms with Gasteiger partial charge in [0.2, 0.25) is 5.91 Å². The van der Waals surface area contributed by atoms with Crippen LogP contribution in [0.4, 0.5) is 0 Å². The molecule has 0 saturated carbocycles. The molecule has 0 unspecified atom stereocenters. The highest BCUT2D eigenvalue weighted by molar-refractivity contribution is 7.99. The van der Waals surface area contributed by atoms with Crippen LogP contribution in [0.25, 0.3) is 0 Å². The molecule has 2 nitrogen and oxygen atoms in total. The Hall–Kier alpha value is -0.960. The number of rotatable bonds is 3. The van der Waals surface area contributed by atoms with Crippen molar-refractivity contribution in [1.82, 2.24) is 5.32 Å². The minimum atomic E-state index is 0.147. The Morgan fingerprint density at radius 2 is 2.31 bits per heavy atom. The number of fused-ring (bicyclic) bond motifs is 1. The van der Waals surface area contributed by atoms with Gasteiger partial charge in [-0.3, -0.25) is 4.79 Å². The summed E-state index contributed by atoms with van der Waals surface area (Å²) >= 11 is 1.57. The van der Waals surface area contributed by atoms with Gasteiger partial charge in [-0.15, -0.1) is 0 Å². The topological polar surface area (TPSA) is 29.1 Å². The van der Waals surface area contributed by atoms with E-state index in [4.69, 9.17) is 0 Å². The van der Waals surface area contributed by atoms with Gasteiger partial charge in [0.1, 0.15) is 0 Å². The average molecular weight is 235 g/mol. The van der Waals surface area contributed by atoms with Crippen LogP contribution in [0.1, 0.15) is 30.0 Å². The van der Waals surface area contributed by atoms with Crippen LogP contribution < -0.4 is 5.32 Å². The minimum absolute atomic E-state index is 0.147. The first-order valence-corrected chi connectivity index (χ1v) is 7.06. The predicted molar refractivity (Wildman–Crippen MR) is 68.6 cm³/mol. The number of carbonyl (C=O) groups excluding carboxylic acids is 1. The molecule has 1 atom stereocenters. The Morgan fingerprint density at radius 1 is 1.50 bits per heavy atom. The Kier molecular flexibility index (Phi) is 3.88. The summed E-state index contributed by atoms with van der Waals surface area (Å²) in [5.41, 5.74) is 2.70. The summed E-state index contributed by atoms with van der Waals surface area (Å²) in [5, 5.41) is 3.12. The van der Waals surface area contributed by atoms with Gasteiger partial charge in [0, 0.05) is 0 Å². The van der Waals surface area contributed by atoms with E-state index in [1.165, 1.54) is 17.5 Å². The van der Waals surface area contributed by atoms with E-state index in [2.05, 4.69) is 29.6 Å². The van der Waals surface area contributed by atoms with E-state index in [-0.39, 0.29) is 11.9 Å². The Morgan fingerprint density at radius 3 is 3.12 bits per heavy atom. The van der Waals surface area contributed by atoms with E-state index < -0.39 is 0 Å². The molecule has 0 aromatic heterocycles. The fourth-order valence-electron chi connectivity index (χ4n) is 2.27. The van der Waals surface area contributed by atoms with Crippen LogP contribution in [0.2, 0.25) is 0 Å². The second-order valence-electron chi connectivity index (χ2n) is 4.14. The predicted octanol–water partition coefficient (Wildman–Crippen LogP) is 2.54. The third-order valence-corrected chi connectivity index (χ3v) is 3.53. The molecule has 1 aromatic rings. The molecule has 1 aliphatic carbocycles. The van der Waals surface area contributed by atoms with E-state index in [9.17, 15) is 4.79 Å². The molecular formula is C13H17NOS. The maximum absolute atomic E-state index is 11.6. The molecule has 1 amide bonds. The second-order valence-corrected chi connectivity index (χ2v) is 5.01. The molecule has 3 heteroatoms. The number of nitrogens with one attached hydrogen (secondary N) is 1. The molecule has 2 rings (SSSR count). The monoisotopic (exact) mass is 235 g/mol. The number of benzene rings is 1. The van der Waals surface area contributed by atoms with Crippen LogP contribution in [0, 0.1) is 0 Å². The van der Waals surface area contributed by atoms with Crippen LogP contribution in [0.5, 0.6) is 0 Å². The zero-order chi connectivity index (χ0) is 11.4. The molecule has 1 aliphatic rings. The molecule has 86 valence electrons. The zero-order valence-corrected chi connectivity index (χ0v) is 10.3. The van der Waals surface area contributed by atoms with Crippen molar-refractivity contribution in [3.63, 3.8) is 0 Å². The number of aryl methyl sites for hydroxylation is 1. The van der Waals surface area contributed by atoms with Crippen LogP contribution in [0.15, 0.2) is 24.3 Å². The van der Waals surface area contributed by atoms with Crippen molar-refractivity contribution in [2.45, 2.75) is 25.3 Å². The standard InChI is InChI=1S/C13H17NOS/c1-16-9-13(15)14-12-8-4-6-10-5-2-3-7-11(10)12/h2-3,5,7,12H,4,6,8-9H2,1H3,(H,14,15)/t12-/m0/s1. The molecule has 16 heavy (non-hydrogen) atoms. The van der Waals surface area contributed by atoms with Gasteiger partial charge in [0.05, 0.1) is 11.8 Å². The quantitative estimate of drug-likeness (QED) is 0.872. The van der Waals surface area contributed by atoms with Gasteiger partial charge in [-0.1, -0.05) is 24.3 Å². The number of amides is 1. The van der Waals surface area contributed by atoms with Gasteiger partial charge in [0.15, 0.2) is 0 Å². The summed E-state index contributed by atoms with van der Waals surface area (Å²) in [6, 6.07) is 8.66. The van der Waals surface area contributed by atoms with E-state index >= 15 is 0 Å². The highest BCUT2D eigenvalue weighted by Gasteiger charge is 2.20. The number of hydrogen-bond acceptors (Lipinski definition) is 2. The smallest absolute Gasteiger partial charge is 0.230 e. The van der Waals surface area contributed by atoms with Crippen LogP contribution >= 0.6 is 11.8 Å². The summed E-state index contributed by atoms with van der Waals surface area (Å²) in [4.78, 5) is 11.6. The highest BCUT2D eigenvalue weighted by Crippen LogP contribution is 2.29. The molecular weight excluding hydrogens is 218 g/mol. The zero-order valence-electron chi connectivity index (χ0n) is 9.53. The fraction of sp³-hybridized carbons (Fsp3) is 0.462. The van der Waals surface area contributed by atoms with Gasteiger partial charge in [-0.05, 0) is 36.6 Å². The summed E-state index contributed by atoms with van der Waals surface area (Å²) in [5.74, 6) is 0.702. The third kappa shape index (κ3) is 2.59. The maximum atomic E-state index is 11.6. The SMILES string of the molecule is CSCC(=O)N[C@H]1CCCc2ccccc21. The molecule has 0 radical (unpaired) electrons. The van der Waals surface area contributed by atoms with Crippen LogP contribution in [-0.4, -0.2) is 17.9 Å². The average Bonchev–Trinajstić information content (AvgIpc) is 2.30. The summed E-state index contributed by atoms with van der Waals surface area (Å²) in [7, 11) is 0. The van der Waals surface area contributed by atoms with E-state index in [1.807, 2.05) is 6.26 Å². The molecule has 0 heterocycles. The Balaban J connectivity index is 2.10. The van der Waals surface area contributed by atoms with Gasteiger partial charge in [0.25, 0.3) is 0 Å². The number of carbonyl (C=O) groups is 1. The molecule has 0 saturated heterocycles. The van der Waals surface area contributed by atoms with Gasteiger partial charge >= 0.3 is 0 Å². The molecule has 0 bridgehead atoms. The number of thioether (sulfide) groups is 1. The van der Waals surface area contributed by atoms with Crippen LogP contribution in [-0.2, 0) is 11.2 Å². The largest absolute Gasteiger partial charge is 0.349 e. The molecule has 0 aliphatic heterocycles. The molecule has 0 fully saturated rings. The third-order valence-electron chi connectivity index (χ3n) is 2.98.